The van der Waals surface area contributed by atoms with Crippen LogP contribution in [0.2, 0.25) is 5.02 Å². The third kappa shape index (κ3) is 3.03. The molecule has 1 N–H and O–H groups in total. The van der Waals surface area contributed by atoms with Gasteiger partial charge in [0.05, 0.1) is 12.0 Å². The van der Waals surface area contributed by atoms with E-state index >= 15 is 0 Å². The molecule has 3 atom stereocenters. The minimum absolute atomic E-state index is 0.0388. The normalized spacial score (nSPS) is 19.8. The summed E-state index contributed by atoms with van der Waals surface area (Å²) >= 11 is 5.98. The highest BCUT2D eigenvalue weighted by molar-refractivity contribution is 6.31. The molecule has 28 heavy (non-hydrogen) atoms. The number of oxazole rings is 1. The summed E-state index contributed by atoms with van der Waals surface area (Å²) < 4.78 is 24.8. The van der Waals surface area contributed by atoms with Gasteiger partial charge >= 0.3 is 0 Å². The van der Waals surface area contributed by atoms with Crippen LogP contribution in [-0.4, -0.2) is 10.9 Å². The van der Waals surface area contributed by atoms with Crippen molar-refractivity contribution in [2.45, 2.75) is 25.3 Å². The maximum atomic E-state index is 13.3. The molecule has 142 valence electrons. The van der Waals surface area contributed by atoms with E-state index in [2.05, 4.69) is 10.3 Å². The van der Waals surface area contributed by atoms with E-state index in [1.165, 1.54) is 12.1 Å². The van der Waals surface area contributed by atoms with Crippen LogP contribution in [0.15, 0.2) is 51.3 Å². The van der Waals surface area contributed by atoms with Gasteiger partial charge in [0.1, 0.15) is 22.7 Å². The first-order chi connectivity index (χ1) is 13.5. The largest absolute Gasteiger partial charge is 0.459 e. The number of fused-ring (bicyclic) bond motifs is 2. The van der Waals surface area contributed by atoms with Crippen LogP contribution in [0.4, 0.5) is 4.39 Å². The second kappa shape index (κ2) is 6.34. The van der Waals surface area contributed by atoms with Gasteiger partial charge in [0.2, 0.25) is 5.91 Å². The maximum absolute atomic E-state index is 13.3. The van der Waals surface area contributed by atoms with Gasteiger partial charge in [-0.1, -0.05) is 11.6 Å². The molecule has 0 saturated heterocycles. The van der Waals surface area contributed by atoms with Crippen molar-refractivity contribution < 1.29 is 18.0 Å². The van der Waals surface area contributed by atoms with Crippen molar-refractivity contribution in [3.63, 3.8) is 0 Å². The Kier molecular flexibility index (Phi) is 3.91. The monoisotopic (exact) mass is 398 g/mol. The van der Waals surface area contributed by atoms with E-state index in [0.29, 0.717) is 45.2 Å². The van der Waals surface area contributed by atoms with Crippen molar-refractivity contribution in [3.05, 3.63) is 65.0 Å². The molecule has 7 heteroatoms. The molecule has 0 bridgehead atoms. The molecular formula is C21H16ClFN2O3. The van der Waals surface area contributed by atoms with E-state index < -0.39 is 0 Å². The summed E-state index contributed by atoms with van der Waals surface area (Å²) in [6, 6.07) is 11.0. The fraction of sp³-hybridized carbons (Fsp3) is 0.238. The van der Waals surface area contributed by atoms with Gasteiger partial charge in [0, 0.05) is 16.3 Å². The minimum Gasteiger partial charge on any atom is -0.459 e. The van der Waals surface area contributed by atoms with Crippen molar-refractivity contribution in [3.8, 4) is 0 Å². The van der Waals surface area contributed by atoms with Crippen LogP contribution in [0.25, 0.3) is 22.1 Å². The number of hydrogen-bond donors (Lipinski definition) is 1. The Bertz CT molecular complexity index is 1220. The lowest BCUT2D eigenvalue weighted by Crippen LogP contribution is -2.28. The predicted octanol–water partition coefficient (Wildman–Crippen LogP) is 5.35. The fourth-order valence-corrected chi connectivity index (χ4v) is 3.64. The van der Waals surface area contributed by atoms with Crippen LogP contribution in [0, 0.1) is 11.7 Å². The lowest BCUT2D eigenvalue weighted by atomic mass is 10.2. The Labute approximate surface area is 164 Å². The molecule has 0 aliphatic heterocycles. The standard InChI is InChI=1S/C21H16ClFN2O3/c1-10(19-7-11-6-13(23)3-5-17(11)27-19)24-20(26)14-9-15(14)21-25-16-8-12(22)2-4-18(16)28-21/h2-8,10,14-15H,9H2,1H3,(H,24,26)/t10-,14+,15+/m1/s1. The molecule has 1 saturated carbocycles. The van der Waals surface area contributed by atoms with Gasteiger partial charge in [-0.2, -0.15) is 0 Å². The molecule has 2 aromatic heterocycles. The maximum Gasteiger partial charge on any atom is 0.224 e. The van der Waals surface area contributed by atoms with Crippen molar-refractivity contribution >= 4 is 39.6 Å². The summed E-state index contributed by atoms with van der Waals surface area (Å²) in [5.74, 6) is 0.518. The second-order valence-corrected chi connectivity index (χ2v) is 7.61. The average Bonchev–Trinajstić information content (AvgIpc) is 3.17. The molecule has 2 heterocycles. The summed E-state index contributed by atoms with van der Waals surface area (Å²) in [4.78, 5) is 17.1. The molecule has 0 radical (unpaired) electrons. The van der Waals surface area contributed by atoms with Gasteiger partial charge in [-0.15, -0.1) is 0 Å². The van der Waals surface area contributed by atoms with Crippen molar-refractivity contribution in [2.75, 3.05) is 0 Å². The van der Waals surface area contributed by atoms with Crippen LogP contribution in [0.1, 0.15) is 37.0 Å². The first kappa shape index (κ1) is 17.3. The van der Waals surface area contributed by atoms with E-state index in [9.17, 15) is 9.18 Å². The van der Waals surface area contributed by atoms with E-state index in [0.717, 1.165) is 0 Å². The third-order valence-corrected chi connectivity index (χ3v) is 5.33. The Morgan fingerprint density at radius 1 is 1.21 bits per heavy atom. The zero-order chi connectivity index (χ0) is 19.4. The van der Waals surface area contributed by atoms with Crippen LogP contribution >= 0.6 is 11.6 Å². The number of nitrogens with zero attached hydrogens (tertiary/aromatic N) is 1. The molecule has 5 rings (SSSR count). The predicted molar refractivity (Wildman–Crippen MR) is 103 cm³/mol. The first-order valence-corrected chi connectivity index (χ1v) is 9.41. The van der Waals surface area contributed by atoms with Gasteiger partial charge < -0.3 is 14.2 Å². The molecular weight excluding hydrogens is 383 g/mol. The molecule has 1 fully saturated rings. The third-order valence-electron chi connectivity index (χ3n) is 5.09. The van der Waals surface area contributed by atoms with E-state index in [1.807, 2.05) is 6.92 Å². The molecule has 0 unspecified atom stereocenters. The number of carbonyl (C=O) groups excluding carboxylic acids is 1. The van der Waals surface area contributed by atoms with Crippen LogP contribution < -0.4 is 5.32 Å². The second-order valence-electron chi connectivity index (χ2n) is 7.17. The molecule has 4 aromatic rings. The number of rotatable bonds is 4. The van der Waals surface area contributed by atoms with E-state index in [4.69, 9.17) is 20.4 Å². The van der Waals surface area contributed by atoms with Crippen LogP contribution in [0.3, 0.4) is 0 Å². The highest BCUT2D eigenvalue weighted by atomic mass is 35.5. The number of halogens is 2. The quantitative estimate of drug-likeness (QED) is 0.503. The van der Waals surface area contributed by atoms with E-state index in [-0.39, 0.29) is 29.6 Å². The van der Waals surface area contributed by atoms with Crippen molar-refractivity contribution in [2.24, 2.45) is 5.92 Å². The number of carbonyl (C=O) groups is 1. The van der Waals surface area contributed by atoms with Crippen LogP contribution in [-0.2, 0) is 4.79 Å². The lowest BCUT2D eigenvalue weighted by Gasteiger charge is -2.10. The molecule has 1 aliphatic carbocycles. The zero-order valence-corrected chi connectivity index (χ0v) is 15.7. The highest BCUT2D eigenvalue weighted by Gasteiger charge is 2.47. The Morgan fingerprint density at radius 2 is 2.04 bits per heavy atom. The van der Waals surface area contributed by atoms with Gasteiger partial charge in [0.25, 0.3) is 0 Å². The van der Waals surface area contributed by atoms with Gasteiger partial charge in [-0.25, -0.2) is 9.37 Å². The average molecular weight is 399 g/mol. The van der Waals surface area contributed by atoms with E-state index in [1.54, 1.807) is 30.3 Å². The first-order valence-electron chi connectivity index (χ1n) is 9.03. The molecule has 1 aliphatic rings. The number of nitrogens with one attached hydrogen (secondary N) is 1. The van der Waals surface area contributed by atoms with Gasteiger partial charge in [0.15, 0.2) is 11.5 Å². The number of amides is 1. The molecule has 2 aromatic carbocycles. The molecule has 5 nitrogen and oxygen atoms in total. The lowest BCUT2D eigenvalue weighted by molar-refractivity contribution is -0.123. The Balaban J connectivity index is 1.28. The summed E-state index contributed by atoms with van der Waals surface area (Å²) in [7, 11) is 0. The summed E-state index contributed by atoms with van der Waals surface area (Å²) in [5, 5.41) is 4.23. The number of benzene rings is 2. The summed E-state index contributed by atoms with van der Waals surface area (Å²) in [5.41, 5.74) is 1.94. The Morgan fingerprint density at radius 3 is 2.89 bits per heavy atom. The van der Waals surface area contributed by atoms with Crippen molar-refractivity contribution in [1.82, 2.24) is 10.3 Å². The van der Waals surface area contributed by atoms with Gasteiger partial charge in [-0.05, 0) is 55.8 Å². The minimum atomic E-state index is -0.327. The SMILES string of the molecule is C[C@@H](NC(=O)[C@H]1C[C@@H]1c1nc2cc(Cl)ccc2o1)c1cc2cc(F)ccc2o1. The van der Waals surface area contributed by atoms with Gasteiger partial charge in [-0.3, -0.25) is 4.79 Å². The smallest absolute Gasteiger partial charge is 0.224 e. The fourth-order valence-electron chi connectivity index (χ4n) is 3.47. The highest BCUT2D eigenvalue weighted by Crippen LogP contribution is 2.48. The zero-order valence-electron chi connectivity index (χ0n) is 14.9. The molecule has 1 amide bonds. The summed E-state index contributed by atoms with van der Waals surface area (Å²) in [6.45, 7) is 1.84. The number of furan rings is 1. The number of aromatic nitrogens is 1. The van der Waals surface area contributed by atoms with Crippen LogP contribution in [0.5, 0.6) is 0 Å². The van der Waals surface area contributed by atoms with Crippen molar-refractivity contribution in [1.29, 1.82) is 0 Å². The molecule has 0 spiro atoms. The Hall–Kier alpha value is -2.86. The number of hydrogen-bond acceptors (Lipinski definition) is 4. The summed E-state index contributed by atoms with van der Waals surface area (Å²) in [6.07, 6.45) is 0.685. The topological polar surface area (TPSA) is 68.3 Å².